The fourth-order valence-corrected chi connectivity index (χ4v) is 2.37. The summed E-state index contributed by atoms with van der Waals surface area (Å²) in [5.41, 5.74) is -2.99. The third-order valence-electron chi connectivity index (χ3n) is 3.13. The zero-order valence-corrected chi connectivity index (χ0v) is 10.4. The van der Waals surface area contributed by atoms with Crippen molar-refractivity contribution in [3.05, 3.63) is 33.1 Å². The Bertz CT molecular complexity index is 566. The van der Waals surface area contributed by atoms with E-state index >= 15 is 0 Å². The van der Waals surface area contributed by atoms with E-state index in [4.69, 9.17) is 16.3 Å². The summed E-state index contributed by atoms with van der Waals surface area (Å²) in [7, 11) is 0. The molecule has 0 spiro atoms. The van der Waals surface area contributed by atoms with Crippen LogP contribution in [0.3, 0.4) is 0 Å². The molecule has 2 rings (SSSR count). The van der Waals surface area contributed by atoms with Gasteiger partial charge in [-0.05, 0) is 0 Å². The quantitative estimate of drug-likeness (QED) is 0.467. The molecule has 8 nitrogen and oxygen atoms in total. The monoisotopic (exact) mass is 292 g/mol. The Hall–Kier alpha value is -1.19. The van der Waals surface area contributed by atoms with E-state index in [2.05, 4.69) is 0 Å². The molecule has 0 aliphatic carbocycles. The average Bonchev–Trinajstić information content (AvgIpc) is 2.64. The number of halogens is 1. The number of H-pyrrole nitrogens is 1. The normalized spacial score (nSPS) is 29.6. The van der Waals surface area contributed by atoms with Crippen molar-refractivity contribution in [2.75, 3.05) is 13.2 Å². The topological polar surface area (TPSA) is 125 Å². The van der Waals surface area contributed by atoms with Gasteiger partial charge in [-0.25, -0.2) is 4.79 Å². The molecule has 0 aromatic carbocycles. The first kappa shape index (κ1) is 14.2. The summed E-state index contributed by atoms with van der Waals surface area (Å²) in [6, 6.07) is 1.10. The van der Waals surface area contributed by atoms with Crippen LogP contribution in [0, 0.1) is 0 Å². The summed E-state index contributed by atoms with van der Waals surface area (Å²) < 4.78 is 6.32. The maximum absolute atomic E-state index is 11.6. The molecule has 3 atom stereocenters. The molecule has 1 aliphatic heterocycles. The predicted octanol–water partition coefficient (Wildman–Crippen LogP) is -2.24. The third-order valence-corrected chi connectivity index (χ3v) is 3.58. The highest BCUT2D eigenvalue weighted by molar-refractivity contribution is 6.21. The van der Waals surface area contributed by atoms with Gasteiger partial charge in [0.25, 0.3) is 5.56 Å². The fourth-order valence-electron chi connectivity index (χ4n) is 1.97. The lowest BCUT2D eigenvalue weighted by atomic mass is 9.99. The van der Waals surface area contributed by atoms with E-state index in [1.165, 1.54) is 6.20 Å². The van der Waals surface area contributed by atoms with Gasteiger partial charge in [0.05, 0.1) is 13.2 Å². The van der Waals surface area contributed by atoms with Gasteiger partial charge < -0.3 is 20.1 Å². The maximum atomic E-state index is 11.6. The molecule has 0 unspecified atom stereocenters. The van der Waals surface area contributed by atoms with Crippen molar-refractivity contribution < 1.29 is 20.1 Å². The zero-order valence-electron chi connectivity index (χ0n) is 9.69. The van der Waals surface area contributed by atoms with Crippen molar-refractivity contribution in [2.24, 2.45) is 0 Å². The summed E-state index contributed by atoms with van der Waals surface area (Å²) in [6.45, 7) is -1.33. The van der Waals surface area contributed by atoms with E-state index in [0.717, 1.165) is 10.6 Å². The average molecular weight is 293 g/mol. The Morgan fingerprint density at radius 1 is 1.42 bits per heavy atom. The summed E-state index contributed by atoms with van der Waals surface area (Å²) in [6.07, 6.45) is -1.31. The molecule has 1 aliphatic rings. The van der Waals surface area contributed by atoms with Gasteiger partial charge in [0.15, 0.2) is 6.23 Å². The molecule has 9 heteroatoms. The Kier molecular flexibility index (Phi) is 3.79. The van der Waals surface area contributed by atoms with Crippen LogP contribution in [-0.2, 0) is 4.74 Å². The Morgan fingerprint density at radius 3 is 2.53 bits per heavy atom. The molecule has 106 valence electrons. The lowest BCUT2D eigenvalue weighted by molar-refractivity contribution is -0.150. The minimum Gasteiger partial charge on any atom is -0.393 e. The minimum atomic E-state index is -1.65. The molecule has 0 amide bonds. The van der Waals surface area contributed by atoms with Crippen molar-refractivity contribution in [2.45, 2.75) is 23.3 Å². The van der Waals surface area contributed by atoms with Crippen LogP contribution in [0.1, 0.15) is 6.23 Å². The molecule has 2 heterocycles. The van der Waals surface area contributed by atoms with Crippen LogP contribution in [0.25, 0.3) is 0 Å². The molecule has 1 fully saturated rings. The molecular weight excluding hydrogens is 280 g/mol. The highest BCUT2D eigenvalue weighted by Crippen LogP contribution is 2.39. The Balaban J connectivity index is 2.42. The van der Waals surface area contributed by atoms with Crippen molar-refractivity contribution in [1.82, 2.24) is 9.55 Å². The molecule has 1 aromatic rings. The van der Waals surface area contributed by atoms with Gasteiger partial charge in [-0.15, -0.1) is 11.6 Å². The van der Waals surface area contributed by atoms with Gasteiger partial charge >= 0.3 is 5.69 Å². The summed E-state index contributed by atoms with van der Waals surface area (Å²) >= 11 is 5.97. The smallest absolute Gasteiger partial charge is 0.330 e. The fraction of sp³-hybridized carbons (Fsp3) is 0.600. The van der Waals surface area contributed by atoms with Crippen LogP contribution in [-0.4, -0.2) is 55.2 Å². The standard InChI is InChI=1S/C10H13ClN2O6/c11-6-7(17)10(3-14,4-15)19-8(6)13-2-1-5(16)12-9(13)18/h1-2,6-8,14-15,17H,3-4H2,(H,12,16,18)/t6-,7+,8-/m1/s1. The van der Waals surface area contributed by atoms with Gasteiger partial charge in [0.1, 0.15) is 17.1 Å². The van der Waals surface area contributed by atoms with Gasteiger partial charge in [-0.2, -0.15) is 0 Å². The Morgan fingerprint density at radius 2 is 2.05 bits per heavy atom. The molecule has 4 N–H and O–H groups in total. The van der Waals surface area contributed by atoms with Crippen LogP contribution >= 0.6 is 11.6 Å². The van der Waals surface area contributed by atoms with E-state index in [1.54, 1.807) is 0 Å². The van der Waals surface area contributed by atoms with E-state index in [-0.39, 0.29) is 0 Å². The number of alkyl halides is 1. The highest BCUT2D eigenvalue weighted by Gasteiger charge is 2.54. The molecule has 1 aromatic heterocycles. The Labute approximate surface area is 111 Å². The highest BCUT2D eigenvalue weighted by atomic mass is 35.5. The summed E-state index contributed by atoms with van der Waals surface area (Å²) in [5, 5.41) is 27.3. The molecule has 0 radical (unpaired) electrons. The number of rotatable bonds is 3. The number of aromatic nitrogens is 2. The van der Waals surface area contributed by atoms with E-state index in [1.807, 2.05) is 4.98 Å². The van der Waals surface area contributed by atoms with Gasteiger partial charge in [-0.3, -0.25) is 14.3 Å². The molecule has 19 heavy (non-hydrogen) atoms. The van der Waals surface area contributed by atoms with E-state index in [9.17, 15) is 24.9 Å². The second-order valence-corrected chi connectivity index (χ2v) is 4.80. The number of aromatic amines is 1. The minimum absolute atomic E-state index is 0.582. The first-order valence-electron chi connectivity index (χ1n) is 5.48. The number of hydrogen-bond acceptors (Lipinski definition) is 6. The lowest BCUT2D eigenvalue weighted by Crippen LogP contribution is -2.48. The van der Waals surface area contributed by atoms with Crippen LogP contribution in [0.5, 0.6) is 0 Å². The number of hydrogen-bond donors (Lipinski definition) is 4. The van der Waals surface area contributed by atoms with Gasteiger partial charge in [-0.1, -0.05) is 0 Å². The lowest BCUT2D eigenvalue weighted by Gasteiger charge is -2.27. The van der Waals surface area contributed by atoms with Gasteiger partial charge in [0.2, 0.25) is 0 Å². The second kappa shape index (κ2) is 5.06. The van der Waals surface area contributed by atoms with E-state index in [0.29, 0.717) is 0 Å². The van der Waals surface area contributed by atoms with Gasteiger partial charge in [0, 0.05) is 12.3 Å². The van der Waals surface area contributed by atoms with Crippen molar-refractivity contribution in [1.29, 1.82) is 0 Å². The molecule has 1 saturated heterocycles. The number of ether oxygens (including phenoxy) is 1. The molecule has 0 bridgehead atoms. The number of aliphatic hydroxyl groups excluding tert-OH is 3. The van der Waals surface area contributed by atoms with Crippen molar-refractivity contribution in [3.8, 4) is 0 Å². The summed E-state index contributed by atoms with van der Waals surface area (Å²) in [5.74, 6) is 0. The van der Waals surface area contributed by atoms with Crippen LogP contribution in [0.2, 0.25) is 0 Å². The number of nitrogens with one attached hydrogen (secondary N) is 1. The predicted molar refractivity (Wildman–Crippen MR) is 64.0 cm³/mol. The SMILES string of the molecule is O=c1ccn([C@@H]2OC(CO)(CO)[C@@H](O)[C@H]2Cl)c(=O)[nH]1. The zero-order chi connectivity index (χ0) is 14.2. The number of aliphatic hydroxyl groups is 3. The number of nitrogens with zero attached hydrogens (tertiary/aromatic N) is 1. The largest absolute Gasteiger partial charge is 0.393 e. The first-order valence-corrected chi connectivity index (χ1v) is 5.92. The summed E-state index contributed by atoms with van der Waals surface area (Å²) in [4.78, 5) is 24.6. The first-order chi connectivity index (χ1) is 8.95. The molecule has 0 saturated carbocycles. The van der Waals surface area contributed by atoms with Crippen molar-refractivity contribution in [3.63, 3.8) is 0 Å². The molecular formula is C10H13ClN2O6. The van der Waals surface area contributed by atoms with Crippen LogP contribution < -0.4 is 11.2 Å². The second-order valence-electron chi connectivity index (χ2n) is 4.30. The maximum Gasteiger partial charge on any atom is 0.330 e. The van der Waals surface area contributed by atoms with Crippen LogP contribution in [0.15, 0.2) is 21.9 Å². The van der Waals surface area contributed by atoms with Crippen LogP contribution in [0.4, 0.5) is 0 Å². The third kappa shape index (κ3) is 2.21. The van der Waals surface area contributed by atoms with Crippen molar-refractivity contribution >= 4 is 11.6 Å². The van der Waals surface area contributed by atoms with E-state index < -0.39 is 47.8 Å².